The number of sulfone groups is 1. The summed E-state index contributed by atoms with van der Waals surface area (Å²) in [6, 6.07) is 2.95. The zero-order chi connectivity index (χ0) is 17.4. The first-order chi connectivity index (χ1) is 10.6. The van der Waals surface area contributed by atoms with E-state index < -0.39 is 21.7 Å². The molecule has 1 aromatic carbocycles. The van der Waals surface area contributed by atoms with Gasteiger partial charge in [0.05, 0.1) is 10.8 Å². The first kappa shape index (κ1) is 17.5. The standard InChI is InChI=1S/C16H21NO5S/c1-10-7-13(23(3,21)22)8-14(11(10)2)15(18)17-6-4-5-12(9-17)16(19)20/h7-8,12H,4-6,9H2,1-3H3,(H,19,20)/t12-/m0/s1. The maximum atomic E-state index is 12.8. The summed E-state index contributed by atoms with van der Waals surface area (Å²) >= 11 is 0. The van der Waals surface area contributed by atoms with Crippen LogP contribution in [0.2, 0.25) is 0 Å². The summed E-state index contributed by atoms with van der Waals surface area (Å²) in [6.07, 6.45) is 2.29. The van der Waals surface area contributed by atoms with Gasteiger partial charge in [0.25, 0.3) is 5.91 Å². The van der Waals surface area contributed by atoms with E-state index in [0.717, 1.165) is 17.4 Å². The number of carbonyl (C=O) groups excluding carboxylic acids is 1. The highest BCUT2D eigenvalue weighted by atomic mass is 32.2. The largest absolute Gasteiger partial charge is 0.481 e. The summed E-state index contributed by atoms with van der Waals surface area (Å²) in [5.41, 5.74) is 1.78. The van der Waals surface area contributed by atoms with E-state index in [2.05, 4.69) is 0 Å². The highest BCUT2D eigenvalue weighted by molar-refractivity contribution is 7.90. The number of hydrogen-bond donors (Lipinski definition) is 1. The fourth-order valence-electron chi connectivity index (χ4n) is 2.80. The molecule has 126 valence electrons. The molecule has 0 unspecified atom stereocenters. The van der Waals surface area contributed by atoms with Crippen molar-refractivity contribution in [2.24, 2.45) is 5.92 Å². The van der Waals surface area contributed by atoms with E-state index in [1.54, 1.807) is 19.9 Å². The predicted molar refractivity (Wildman–Crippen MR) is 85.3 cm³/mol. The van der Waals surface area contributed by atoms with Crippen LogP contribution in [-0.4, -0.2) is 49.6 Å². The number of carbonyl (C=O) groups is 2. The van der Waals surface area contributed by atoms with E-state index in [4.69, 9.17) is 5.11 Å². The third-order valence-electron chi connectivity index (χ3n) is 4.36. The average Bonchev–Trinajstić information content (AvgIpc) is 2.48. The molecule has 1 atom stereocenters. The van der Waals surface area contributed by atoms with Gasteiger partial charge in [-0.05, 0) is 49.9 Å². The van der Waals surface area contributed by atoms with Crippen LogP contribution in [0.1, 0.15) is 34.3 Å². The zero-order valence-corrected chi connectivity index (χ0v) is 14.3. The Labute approximate surface area is 136 Å². The van der Waals surface area contributed by atoms with Gasteiger partial charge < -0.3 is 10.0 Å². The molecule has 1 aromatic rings. The van der Waals surface area contributed by atoms with Crippen molar-refractivity contribution in [3.8, 4) is 0 Å². The lowest BCUT2D eigenvalue weighted by Crippen LogP contribution is -2.42. The molecule has 1 aliphatic heterocycles. The smallest absolute Gasteiger partial charge is 0.308 e. The van der Waals surface area contributed by atoms with Crippen molar-refractivity contribution in [2.45, 2.75) is 31.6 Å². The molecule has 1 aliphatic rings. The number of carboxylic acids is 1. The Balaban J connectivity index is 2.39. The molecule has 1 heterocycles. The van der Waals surface area contributed by atoms with Crippen molar-refractivity contribution in [3.63, 3.8) is 0 Å². The van der Waals surface area contributed by atoms with E-state index in [0.29, 0.717) is 24.9 Å². The summed E-state index contributed by atoms with van der Waals surface area (Å²) in [4.78, 5) is 25.5. The molecule has 1 N–H and O–H groups in total. The Morgan fingerprint density at radius 2 is 1.91 bits per heavy atom. The fourth-order valence-corrected chi connectivity index (χ4v) is 3.52. The van der Waals surface area contributed by atoms with Crippen LogP contribution in [0.15, 0.2) is 17.0 Å². The Bertz CT molecular complexity index is 754. The van der Waals surface area contributed by atoms with Crippen LogP contribution in [0.25, 0.3) is 0 Å². The third-order valence-corrected chi connectivity index (χ3v) is 5.45. The average molecular weight is 339 g/mol. The van der Waals surface area contributed by atoms with E-state index in [-0.39, 0.29) is 17.3 Å². The Hall–Kier alpha value is -1.89. The molecule has 0 aromatic heterocycles. The lowest BCUT2D eigenvalue weighted by Gasteiger charge is -2.31. The van der Waals surface area contributed by atoms with Crippen molar-refractivity contribution in [1.82, 2.24) is 4.90 Å². The Morgan fingerprint density at radius 1 is 1.26 bits per heavy atom. The van der Waals surface area contributed by atoms with Crippen molar-refractivity contribution < 1.29 is 23.1 Å². The molecule has 0 saturated carbocycles. The van der Waals surface area contributed by atoms with Crippen LogP contribution in [0.4, 0.5) is 0 Å². The highest BCUT2D eigenvalue weighted by Crippen LogP contribution is 2.24. The van der Waals surface area contributed by atoms with Gasteiger partial charge in [-0.3, -0.25) is 9.59 Å². The van der Waals surface area contributed by atoms with Gasteiger partial charge in [-0.25, -0.2) is 8.42 Å². The number of piperidine rings is 1. The second kappa shape index (κ2) is 6.31. The molecule has 1 fully saturated rings. The second-order valence-electron chi connectivity index (χ2n) is 6.11. The fraction of sp³-hybridized carbons (Fsp3) is 0.500. The minimum atomic E-state index is -3.42. The lowest BCUT2D eigenvalue weighted by atomic mass is 9.96. The van der Waals surface area contributed by atoms with Crippen molar-refractivity contribution in [3.05, 3.63) is 28.8 Å². The molecule has 1 amide bonds. The molecule has 0 aliphatic carbocycles. The number of aliphatic carboxylic acids is 1. The number of rotatable bonds is 3. The first-order valence-electron chi connectivity index (χ1n) is 7.44. The van der Waals surface area contributed by atoms with Crippen LogP contribution in [0, 0.1) is 19.8 Å². The van der Waals surface area contributed by atoms with E-state index in [1.165, 1.54) is 11.0 Å². The molecule has 1 saturated heterocycles. The number of amides is 1. The number of aryl methyl sites for hydroxylation is 1. The zero-order valence-electron chi connectivity index (χ0n) is 13.5. The molecular formula is C16H21NO5S. The minimum Gasteiger partial charge on any atom is -0.481 e. The molecule has 6 nitrogen and oxygen atoms in total. The van der Waals surface area contributed by atoms with Crippen LogP contribution in [0.3, 0.4) is 0 Å². The predicted octanol–water partition coefficient (Wildman–Crippen LogP) is 1.64. The summed E-state index contributed by atoms with van der Waals surface area (Å²) < 4.78 is 23.6. The number of likely N-dealkylation sites (tertiary alicyclic amines) is 1. The summed E-state index contributed by atoms with van der Waals surface area (Å²) in [6.45, 7) is 4.18. The number of nitrogens with zero attached hydrogens (tertiary/aromatic N) is 1. The maximum absolute atomic E-state index is 12.8. The monoisotopic (exact) mass is 339 g/mol. The van der Waals surface area contributed by atoms with E-state index >= 15 is 0 Å². The van der Waals surface area contributed by atoms with Crippen LogP contribution < -0.4 is 0 Å². The van der Waals surface area contributed by atoms with Crippen molar-refractivity contribution >= 4 is 21.7 Å². The normalized spacial score (nSPS) is 18.7. The van der Waals surface area contributed by atoms with Gasteiger partial charge in [0.2, 0.25) is 0 Å². The number of carboxylic acid groups (broad SMARTS) is 1. The van der Waals surface area contributed by atoms with Crippen LogP contribution >= 0.6 is 0 Å². The maximum Gasteiger partial charge on any atom is 0.308 e. The molecule has 23 heavy (non-hydrogen) atoms. The van der Waals surface area contributed by atoms with Crippen molar-refractivity contribution in [2.75, 3.05) is 19.3 Å². The van der Waals surface area contributed by atoms with Gasteiger partial charge in [0.1, 0.15) is 0 Å². The van der Waals surface area contributed by atoms with Gasteiger partial charge in [-0.1, -0.05) is 0 Å². The molecule has 2 rings (SSSR count). The van der Waals surface area contributed by atoms with Crippen LogP contribution in [-0.2, 0) is 14.6 Å². The van der Waals surface area contributed by atoms with Gasteiger partial charge in [0, 0.05) is 24.9 Å². The number of benzene rings is 1. The van der Waals surface area contributed by atoms with Crippen molar-refractivity contribution in [1.29, 1.82) is 0 Å². The first-order valence-corrected chi connectivity index (χ1v) is 9.33. The second-order valence-corrected chi connectivity index (χ2v) is 8.13. The van der Waals surface area contributed by atoms with E-state index in [9.17, 15) is 18.0 Å². The SMILES string of the molecule is Cc1cc(S(C)(=O)=O)cc(C(=O)N2CCC[C@H](C(=O)O)C2)c1C. The molecule has 0 spiro atoms. The molecule has 7 heteroatoms. The quantitative estimate of drug-likeness (QED) is 0.904. The molecule has 0 radical (unpaired) electrons. The minimum absolute atomic E-state index is 0.107. The summed E-state index contributed by atoms with van der Waals surface area (Å²) in [5.74, 6) is -1.77. The summed E-state index contributed by atoms with van der Waals surface area (Å²) in [5, 5.41) is 9.14. The van der Waals surface area contributed by atoms with E-state index in [1.807, 2.05) is 0 Å². The Kier molecular flexibility index (Phi) is 4.79. The molecular weight excluding hydrogens is 318 g/mol. The Morgan fingerprint density at radius 3 is 2.48 bits per heavy atom. The van der Waals surface area contributed by atoms with Gasteiger partial charge in [0.15, 0.2) is 9.84 Å². The lowest BCUT2D eigenvalue weighted by molar-refractivity contribution is -0.143. The van der Waals surface area contributed by atoms with Gasteiger partial charge in [-0.2, -0.15) is 0 Å². The third kappa shape index (κ3) is 3.72. The van der Waals surface area contributed by atoms with Gasteiger partial charge in [-0.15, -0.1) is 0 Å². The molecule has 0 bridgehead atoms. The van der Waals surface area contributed by atoms with Crippen LogP contribution in [0.5, 0.6) is 0 Å². The number of hydrogen-bond acceptors (Lipinski definition) is 4. The topological polar surface area (TPSA) is 91.8 Å². The summed E-state index contributed by atoms with van der Waals surface area (Å²) in [7, 11) is -3.42. The van der Waals surface area contributed by atoms with Gasteiger partial charge >= 0.3 is 5.97 Å². The highest BCUT2D eigenvalue weighted by Gasteiger charge is 2.29.